The number of aryl methyl sites for hydroxylation is 1. The van der Waals surface area contributed by atoms with Crippen molar-refractivity contribution < 1.29 is 9.53 Å². The van der Waals surface area contributed by atoms with Gasteiger partial charge in [-0.2, -0.15) is 0 Å². The van der Waals surface area contributed by atoms with Crippen molar-refractivity contribution in [1.82, 2.24) is 19.9 Å². The van der Waals surface area contributed by atoms with Crippen LogP contribution in [0, 0.1) is 0 Å². The van der Waals surface area contributed by atoms with Gasteiger partial charge in [-0.1, -0.05) is 12.1 Å². The van der Waals surface area contributed by atoms with Gasteiger partial charge in [0.15, 0.2) is 0 Å². The highest BCUT2D eigenvalue weighted by atomic mass is 16.5. The van der Waals surface area contributed by atoms with E-state index < -0.39 is 5.54 Å². The Balaban J connectivity index is 2.26. The fraction of sp³-hybridized carbons (Fsp3) is 0.750. The van der Waals surface area contributed by atoms with Crippen LogP contribution in [0.25, 0.3) is 0 Å². The summed E-state index contributed by atoms with van der Waals surface area (Å²) >= 11 is 0. The number of ether oxygens (including phenoxy) is 1. The van der Waals surface area contributed by atoms with Crippen molar-refractivity contribution in [3.05, 3.63) is 11.9 Å². The van der Waals surface area contributed by atoms with E-state index in [9.17, 15) is 4.79 Å². The molecule has 1 fully saturated rings. The van der Waals surface area contributed by atoms with E-state index in [0.717, 1.165) is 19.5 Å². The highest BCUT2D eigenvalue weighted by molar-refractivity contribution is 6.01. The molecule has 1 atom stereocenters. The summed E-state index contributed by atoms with van der Waals surface area (Å²) in [6, 6.07) is 0. The standard InChI is InChI=1S/C12H20N4O2/c1-4-12(2,16-5-7-18-8-6-16)11(17)10-9-13-14-15(10)3/h9H,4-8H2,1-3H3. The van der Waals surface area contributed by atoms with Crippen molar-refractivity contribution >= 4 is 5.78 Å². The van der Waals surface area contributed by atoms with Gasteiger partial charge in [0.1, 0.15) is 5.69 Å². The lowest BCUT2D eigenvalue weighted by Crippen LogP contribution is -2.56. The molecule has 0 saturated carbocycles. The zero-order valence-corrected chi connectivity index (χ0v) is 11.2. The molecule has 1 saturated heterocycles. The van der Waals surface area contributed by atoms with E-state index in [4.69, 9.17) is 4.74 Å². The van der Waals surface area contributed by atoms with E-state index in [2.05, 4.69) is 15.2 Å². The van der Waals surface area contributed by atoms with Gasteiger partial charge in [0.2, 0.25) is 5.78 Å². The zero-order valence-electron chi connectivity index (χ0n) is 11.2. The van der Waals surface area contributed by atoms with Gasteiger partial charge in [0.25, 0.3) is 0 Å². The second kappa shape index (κ2) is 5.16. The van der Waals surface area contributed by atoms with E-state index in [0.29, 0.717) is 18.9 Å². The van der Waals surface area contributed by atoms with Crippen molar-refractivity contribution in [2.45, 2.75) is 25.8 Å². The van der Waals surface area contributed by atoms with Crippen LogP contribution in [0.4, 0.5) is 0 Å². The quantitative estimate of drug-likeness (QED) is 0.730. The first-order chi connectivity index (χ1) is 8.59. The zero-order chi connectivity index (χ0) is 13.2. The van der Waals surface area contributed by atoms with Gasteiger partial charge in [0, 0.05) is 20.1 Å². The van der Waals surface area contributed by atoms with Gasteiger partial charge >= 0.3 is 0 Å². The Labute approximate surface area is 107 Å². The van der Waals surface area contributed by atoms with Crippen LogP contribution in [0.1, 0.15) is 30.8 Å². The number of morpholine rings is 1. The molecule has 1 aliphatic heterocycles. The molecule has 1 aliphatic rings. The summed E-state index contributed by atoms with van der Waals surface area (Å²) in [5, 5.41) is 7.62. The minimum absolute atomic E-state index is 0.0828. The average Bonchev–Trinajstić information content (AvgIpc) is 2.84. The second-order valence-electron chi connectivity index (χ2n) is 4.80. The van der Waals surface area contributed by atoms with Crippen molar-refractivity contribution in [2.24, 2.45) is 7.05 Å². The Morgan fingerprint density at radius 3 is 2.67 bits per heavy atom. The Hall–Kier alpha value is -1.27. The molecule has 0 aliphatic carbocycles. The van der Waals surface area contributed by atoms with Crippen LogP contribution in [-0.2, 0) is 11.8 Å². The monoisotopic (exact) mass is 252 g/mol. The fourth-order valence-corrected chi connectivity index (χ4v) is 2.36. The molecule has 0 N–H and O–H groups in total. The molecule has 1 aromatic heterocycles. The molecule has 2 rings (SSSR count). The van der Waals surface area contributed by atoms with Gasteiger partial charge in [-0.3, -0.25) is 9.69 Å². The molecule has 6 nitrogen and oxygen atoms in total. The Bertz CT molecular complexity index is 425. The van der Waals surface area contributed by atoms with E-state index >= 15 is 0 Å². The predicted molar refractivity (Wildman–Crippen MR) is 66.4 cm³/mol. The molecule has 1 aromatic rings. The maximum Gasteiger partial charge on any atom is 0.202 e. The van der Waals surface area contributed by atoms with E-state index in [1.807, 2.05) is 13.8 Å². The summed E-state index contributed by atoms with van der Waals surface area (Å²) in [7, 11) is 1.75. The maximum atomic E-state index is 12.7. The molecule has 0 aromatic carbocycles. The summed E-state index contributed by atoms with van der Waals surface area (Å²) in [6.07, 6.45) is 2.30. The Morgan fingerprint density at radius 2 is 2.17 bits per heavy atom. The normalized spacial score (nSPS) is 20.6. The molecule has 100 valence electrons. The number of hydrogen-bond acceptors (Lipinski definition) is 5. The molecule has 2 heterocycles. The molecular weight excluding hydrogens is 232 g/mol. The lowest BCUT2D eigenvalue weighted by molar-refractivity contribution is -0.0109. The van der Waals surface area contributed by atoms with E-state index in [-0.39, 0.29) is 5.78 Å². The topological polar surface area (TPSA) is 60.2 Å². The number of aromatic nitrogens is 3. The number of hydrogen-bond donors (Lipinski definition) is 0. The van der Waals surface area contributed by atoms with Gasteiger partial charge in [-0.05, 0) is 13.3 Å². The number of carbonyl (C=O) groups is 1. The third kappa shape index (κ3) is 2.18. The predicted octanol–water partition coefficient (Wildman–Crippen LogP) is 0.499. The molecular formula is C12H20N4O2. The van der Waals surface area contributed by atoms with Crippen LogP contribution in [-0.4, -0.2) is 57.5 Å². The second-order valence-corrected chi connectivity index (χ2v) is 4.80. The number of rotatable bonds is 4. The summed E-state index contributed by atoms with van der Waals surface area (Å²) in [5.74, 6) is 0.0828. The first-order valence-corrected chi connectivity index (χ1v) is 6.32. The number of Topliss-reactive ketones (excluding diaryl/α,β-unsaturated/α-hetero) is 1. The summed E-state index contributed by atoms with van der Waals surface area (Å²) in [6.45, 7) is 6.99. The van der Waals surface area contributed by atoms with E-state index in [1.165, 1.54) is 10.9 Å². The highest BCUT2D eigenvalue weighted by Crippen LogP contribution is 2.25. The minimum Gasteiger partial charge on any atom is -0.379 e. The molecule has 0 amide bonds. The van der Waals surface area contributed by atoms with Crippen LogP contribution in [0.2, 0.25) is 0 Å². The number of carbonyl (C=O) groups excluding carboxylic acids is 1. The number of nitrogens with zero attached hydrogens (tertiary/aromatic N) is 4. The highest BCUT2D eigenvalue weighted by Gasteiger charge is 2.40. The smallest absolute Gasteiger partial charge is 0.202 e. The Morgan fingerprint density at radius 1 is 1.50 bits per heavy atom. The molecule has 1 unspecified atom stereocenters. The maximum absolute atomic E-state index is 12.7. The lowest BCUT2D eigenvalue weighted by atomic mass is 9.88. The SMILES string of the molecule is CCC(C)(C(=O)c1cnnn1C)N1CCOCC1. The number of ketones is 1. The fourth-order valence-electron chi connectivity index (χ4n) is 2.36. The van der Waals surface area contributed by atoms with Crippen molar-refractivity contribution in [3.8, 4) is 0 Å². The van der Waals surface area contributed by atoms with Crippen molar-refractivity contribution in [1.29, 1.82) is 0 Å². The first kappa shape index (κ1) is 13.2. The van der Waals surface area contributed by atoms with Gasteiger partial charge < -0.3 is 4.74 Å². The summed E-state index contributed by atoms with van der Waals surface area (Å²) < 4.78 is 6.89. The molecule has 0 spiro atoms. The van der Waals surface area contributed by atoms with E-state index in [1.54, 1.807) is 7.05 Å². The van der Waals surface area contributed by atoms with Gasteiger partial charge in [-0.25, -0.2) is 4.68 Å². The van der Waals surface area contributed by atoms with Crippen LogP contribution >= 0.6 is 0 Å². The summed E-state index contributed by atoms with van der Waals surface area (Å²) in [4.78, 5) is 14.9. The molecule has 0 radical (unpaired) electrons. The van der Waals surface area contributed by atoms with Gasteiger partial charge in [0.05, 0.1) is 24.9 Å². The van der Waals surface area contributed by atoms with Gasteiger partial charge in [-0.15, -0.1) is 5.10 Å². The Kier molecular flexibility index (Phi) is 3.77. The third-order valence-electron chi connectivity index (χ3n) is 3.83. The molecule has 0 bridgehead atoms. The molecule has 6 heteroatoms. The van der Waals surface area contributed by atoms with Crippen molar-refractivity contribution in [3.63, 3.8) is 0 Å². The van der Waals surface area contributed by atoms with Crippen molar-refractivity contribution in [2.75, 3.05) is 26.3 Å². The lowest BCUT2D eigenvalue weighted by Gasteiger charge is -2.41. The molecule has 18 heavy (non-hydrogen) atoms. The average molecular weight is 252 g/mol. The largest absolute Gasteiger partial charge is 0.379 e. The van der Waals surface area contributed by atoms with Crippen LogP contribution in [0.15, 0.2) is 6.20 Å². The third-order valence-corrected chi connectivity index (χ3v) is 3.83. The minimum atomic E-state index is -0.501. The van der Waals surface area contributed by atoms with Crippen LogP contribution < -0.4 is 0 Å². The first-order valence-electron chi connectivity index (χ1n) is 6.32. The van der Waals surface area contributed by atoms with Crippen LogP contribution in [0.3, 0.4) is 0 Å². The van der Waals surface area contributed by atoms with Crippen LogP contribution in [0.5, 0.6) is 0 Å². The summed E-state index contributed by atoms with van der Waals surface area (Å²) in [5.41, 5.74) is 0.0602.